The largest absolute Gasteiger partial charge is 0.411 e. The number of aromatic nitrogens is 4. The van der Waals surface area contributed by atoms with Crippen LogP contribution in [0.4, 0.5) is 5.69 Å². The Hall–Kier alpha value is -3.34. The molecule has 0 saturated carbocycles. The molecule has 140 valence electrons. The first kappa shape index (κ1) is 18.5. The molecule has 1 amide bonds. The Bertz CT molecular complexity index is 1140. The highest BCUT2D eigenvalue weighted by Crippen LogP contribution is 2.17. The van der Waals surface area contributed by atoms with Crippen LogP contribution >= 0.6 is 11.8 Å². The fourth-order valence-electron chi connectivity index (χ4n) is 2.29. The summed E-state index contributed by atoms with van der Waals surface area (Å²) in [5.41, 5.74) is 1.09. The van der Waals surface area contributed by atoms with E-state index in [0.717, 1.165) is 21.9 Å². The number of nitrogens with one attached hydrogen (secondary N) is 3. The summed E-state index contributed by atoms with van der Waals surface area (Å²) in [5.74, 6) is -0.203. The molecule has 0 atom stereocenters. The Balaban J connectivity index is 1.65. The molecule has 27 heavy (non-hydrogen) atoms. The van der Waals surface area contributed by atoms with Crippen molar-refractivity contribution in [1.82, 2.24) is 19.5 Å². The van der Waals surface area contributed by atoms with E-state index in [9.17, 15) is 14.4 Å². The van der Waals surface area contributed by atoms with Crippen molar-refractivity contribution in [2.24, 2.45) is 12.2 Å². The lowest BCUT2D eigenvalue weighted by molar-refractivity contribution is -0.113. The van der Waals surface area contributed by atoms with E-state index in [0.29, 0.717) is 16.6 Å². The molecule has 0 saturated heterocycles. The van der Waals surface area contributed by atoms with Gasteiger partial charge in [-0.1, -0.05) is 29.1 Å². The second kappa shape index (κ2) is 7.50. The number of hydrogen-bond acceptors (Lipinski definition) is 7. The van der Waals surface area contributed by atoms with Crippen molar-refractivity contribution in [3.05, 3.63) is 50.7 Å². The highest BCUT2D eigenvalue weighted by Gasteiger charge is 2.12. The van der Waals surface area contributed by atoms with E-state index in [2.05, 4.69) is 25.4 Å². The summed E-state index contributed by atoms with van der Waals surface area (Å²) >= 11 is 1.10. The zero-order chi connectivity index (χ0) is 19.6. The third-order valence-corrected chi connectivity index (χ3v) is 4.68. The van der Waals surface area contributed by atoms with E-state index in [4.69, 9.17) is 5.21 Å². The summed E-state index contributed by atoms with van der Waals surface area (Å²) in [6.45, 7) is 1.66. The van der Waals surface area contributed by atoms with Gasteiger partial charge in [0, 0.05) is 12.7 Å². The van der Waals surface area contributed by atoms with Gasteiger partial charge >= 0.3 is 5.69 Å². The van der Waals surface area contributed by atoms with Crippen LogP contribution in [-0.2, 0) is 11.8 Å². The molecule has 10 nitrogen and oxygen atoms in total. The predicted octanol–water partition coefficient (Wildman–Crippen LogP) is 0.879. The van der Waals surface area contributed by atoms with Crippen molar-refractivity contribution in [1.29, 1.82) is 0 Å². The zero-order valence-electron chi connectivity index (χ0n) is 14.4. The summed E-state index contributed by atoms with van der Waals surface area (Å²) in [5, 5.41) is 14.9. The van der Waals surface area contributed by atoms with Gasteiger partial charge in [0.15, 0.2) is 16.3 Å². The van der Waals surface area contributed by atoms with Crippen LogP contribution in [0.5, 0.6) is 0 Å². The van der Waals surface area contributed by atoms with Crippen LogP contribution in [0.2, 0.25) is 0 Å². The number of hydrogen-bond donors (Lipinski definition) is 4. The molecular formula is C16H16N6O4S. The molecule has 0 aliphatic carbocycles. The molecule has 0 unspecified atom stereocenters. The molecule has 0 aliphatic heterocycles. The number of rotatable bonds is 5. The lowest BCUT2D eigenvalue weighted by Gasteiger charge is -2.05. The molecule has 3 aromatic rings. The first-order chi connectivity index (χ1) is 12.9. The summed E-state index contributed by atoms with van der Waals surface area (Å²) < 4.78 is 0.939. The third kappa shape index (κ3) is 3.92. The van der Waals surface area contributed by atoms with Crippen LogP contribution in [-0.4, -0.2) is 42.1 Å². The summed E-state index contributed by atoms with van der Waals surface area (Å²) in [6, 6.07) is 6.84. The number of oxime groups is 1. The summed E-state index contributed by atoms with van der Waals surface area (Å²) in [7, 11) is 1.36. The fraction of sp³-hybridized carbons (Fsp3) is 0.188. The van der Waals surface area contributed by atoms with Crippen molar-refractivity contribution >= 4 is 40.2 Å². The van der Waals surface area contributed by atoms with Gasteiger partial charge < -0.3 is 15.5 Å². The Morgan fingerprint density at radius 3 is 2.67 bits per heavy atom. The number of fused-ring (bicyclic) bond motifs is 1. The Morgan fingerprint density at radius 2 is 2.00 bits per heavy atom. The molecule has 4 N–H and O–H groups in total. The fourth-order valence-corrected chi connectivity index (χ4v) is 2.96. The average Bonchev–Trinajstić information content (AvgIpc) is 3.07. The molecule has 0 aliphatic rings. The molecule has 11 heteroatoms. The van der Waals surface area contributed by atoms with Gasteiger partial charge in [-0.2, -0.15) is 0 Å². The van der Waals surface area contributed by atoms with E-state index >= 15 is 0 Å². The number of nitrogens with zero attached hydrogens (tertiary/aromatic N) is 3. The van der Waals surface area contributed by atoms with Crippen molar-refractivity contribution in [3.63, 3.8) is 0 Å². The van der Waals surface area contributed by atoms with Gasteiger partial charge in [-0.05, 0) is 24.6 Å². The molecule has 2 aromatic heterocycles. The molecule has 0 bridgehead atoms. The first-order valence-electron chi connectivity index (χ1n) is 7.80. The molecule has 0 radical (unpaired) electrons. The smallest absolute Gasteiger partial charge is 0.329 e. The highest BCUT2D eigenvalue weighted by molar-refractivity contribution is 7.99. The van der Waals surface area contributed by atoms with E-state index in [1.54, 1.807) is 31.2 Å². The molecule has 2 heterocycles. The lowest BCUT2D eigenvalue weighted by Crippen LogP contribution is -2.32. The number of H-pyrrole nitrogens is 2. The Morgan fingerprint density at radius 1 is 1.30 bits per heavy atom. The number of amides is 1. The second-order valence-electron chi connectivity index (χ2n) is 5.66. The summed E-state index contributed by atoms with van der Waals surface area (Å²) in [4.78, 5) is 45.1. The SMILES string of the molecule is C/C(=N\O)c1ccc(NC(=O)CSc2nc3[nH]c(=O)n(C)c(=O)c3[nH]2)cc1. The number of aromatic amines is 2. The minimum Gasteiger partial charge on any atom is -0.411 e. The average molecular weight is 388 g/mol. The highest BCUT2D eigenvalue weighted by atomic mass is 32.2. The van der Waals surface area contributed by atoms with Crippen molar-refractivity contribution in [2.45, 2.75) is 12.1 Å². The van der Waals surface area contributed by atoms with Crippen LogP contribution in [0.15, 0.2) is 44.2 Å². The number of anilines is 1. The molecule has 1 aromatic carbocycles. The Labute approximate surface area is 156 Å². The maximum Gasteiger partial charge on any atom is 0.329 e. The number of carbonyl (C=O) groups excluding carboxylic acids is 1. The van der Waals surface area contributed by atoms with Gasteiger partial charge in [0.1, 0.15) is 0 Å². The number of thioether (sulfide) groups is 1. The maximum absolute atomic E-state index is 12.1. The molecular weight excluding hydrogens is 372 g/mol. The van der Waals surface area contributed by atoms with Crippen LogP contribution < -0.4 is 16.6 Å². The number of imidazole rings is 1. The Kier molecular flexibility index (Phi) is 5.12. The van der Waals surface area contributed by atoms with Crippen LogP contribution in [0.25, 0.3) is 11.2 Å². The van der Waals surface area contributed by atoms with E-state index in [1.165, 1.54) is 7.05 Å². The topological polar surface area (TPSA) is 145 Å². The van der Waals surface area contributed by atoms with E-state index in [-0.39, 0.29) is 22.8 Å². The number of benzene rings is 1. The predicted molar refractivity (Wildman–Crippen MR) is 102 cm³/mol. The van der Waals surface area contributed by atoms with Crippen molar-refractivity contribution in [2.75, 3.05) is 11.1 Å². The molecule has 0 spiro atoms. The number of carbonyl (C=O) groups is 1. The van der Waals surface area contributed by atoms with Crippen LogP contribution in [0, 0.1) is 0 Å². The molecule has 3 rings (SSSR count). The van der Waals surface area contributed by atoms with Gasteiger partial charge in [0.25, 0.3) is 5.56 Å². The normalized spacial score (nSPS) is 11.7. The quantitative estimate of drug-likeness (QED) is 0.221. The zero-order valence-corrected chi connectivity index (χ0v) is 15.3. The van der Waals surface area contributed by atoms with Gasteiger partial charge in [0.2, 0.25) is 5.91 Å². The minimum absolute atomic E-state index is 0.0588. The monoisotopic (exact) mass is 388 g/mol. The minimum atomic E-state index is -0.557. The lowest BCUT2D eigenvalue weighted by atomic mass is 10.1. The third-order valence-electron chi connectivity index (χ3n) is 3.81. The van der Waals surface area contributed by atoms with Gasteiger partial charge in [-0.3, -0.25) is 19.1 Å². The van der Waals surface area contributed by atoms with Crippen molar-refractivity contribution < 1.29 is 10.0 Å². The van der Waals surface area contributed by atoms with Gasteiger partial charge in [0.05, 0.1) is 11.5 Å². The van der Waals surface area contributed by atoms with Gasteiger partial charge in [-0.25, -0.2) is 9.78 Å². The van der Waals surface area contributed by atoms with E-state index in [1.807, 2.05) is 0 Å². The van der Waals surface area contributed by atoms with Crippen molar-refractivity contribution in [3.8, 4) is 0 Å². The molecule has 0 fully saturated rings. The van der Waals surface area contributed by atoms with Crippen LogP contribution in [0.3, 0.4) is 0 Å². The second-order valence-corrected chi connectivity index (χ2v) is 6.62. The first-order valence-corrected chi connectivity index (χ1v) is 8.78. The maximum atomic E-state index is 12.1. The van der Waals surface area contributed by atoms with Gasteiger partial charge in [-0.15, -0.1) is 0 Å². The van der Waals surface area contributed by atoms with Crippen LogP contribution in [0.1, 0.15) is 12.5 Å². The standard InChI is InChI=1S/C16H16N6O4S/c1-8(21-26)9-3-5-10(6-4-9)17-11(23)7-27-15-18-12-13(19-15)20-16(25)22(2)14(12)24/h3-6,26H,7H2,1-2H3,(H,17,23)(H,18,19)(H,20,25)/b21-8+. The summed E-state index contributed by atoms with van der Waals surface area (Å²) in [6.07, 6.45) is 0. The van der Waals surface area contributed by atoms with E-state index < -0.39 is 11.2 Å².